The van der Waals surface area contributed by atoms with Gasteiger partial charge >= 0.3 is 0 Å². The Hall–Kier alpha value is -0.120. The van der Waals surface area contributed by atoms with Gasteiger partial charge in [0.25, 0.3) is 0 Å². The van der Waals surface area contributed by atoms with Crippen LogP contribution in [0, 0.1) is 0 Å². The fraction of sp³-hybridized carbons (Fsp3) is 1.00. The monoisotopic (exact) mass is 138 g/mol. The quantitative estimate of drug-likeness (QED) is 0.533. The second-order valence-corrected chi connectivity index (χ2v) is 1.57. The Morgan fingerprint density at radius 1 is 1.33 bits per heavy atom. The number of hydrogen-bond acceptors (Lipinski definition) is 2. The van der Waals surface area contributed by atoms with Gasteiger partial charge in [-0.2, -0.15) is 0 Å². The maximum atomic E-state index is 8.36. The van der Waals surface area contributed by atoms with E-state index in [0.29, 0.717) is 0 Å². The SMILES string of the molecule is CCC(C)O.CCO.O. The standard InChI is InChI=1S/C4H10O.C2H6O.H2O/c1-3-4(2)5;1-2-3;/h4-5H,3H2,1-2H3;3H,2H2,1H3;1H2. The minimum Gasteiger partial charge on any atom is -0.412 e. The summed E-state index contributed by atoms with van der Waals surface area (Å²) in [5, 5.41) is 15.9. The van der Waals surface area contributed by atoms with Crippen molar-refractivity contribution in [3.8, 4) is 0 Å². The molecule has 9 heavy (non-hydrogen) atoms. The van der Waals surface area contributed by atoms with Gasteiger partial charge in [-0.25, -0.2) is 0 Å². The summed E-state index contributed by atoms with van der Waals surface area (Å²) in [5.41, 5.74) is 0. The largest absolute Gasteiger partial charge is 0.412 e. The van der Waals surface area contributed by atoms with E-state index in [9.17, 15) is 0 Å². The molecule has 0 radical (unpaired) electrons. The second-order valence-electron chi connectivity index (χ2n) is 1.57. The first-order valence-electron chi connectivity index (χ1n) is 2.97. The first-order valence-corrected chi connectivity index (χ1v) is 2.97. The van der Waals surface area contributed by atoms with Gasteiger partial charge < -0.3 is 15.7 Å². The lowest BCUT2D eigenvalue weighted by Gasteiger charge is -1.90. The highest BCUT2D eigenvalue weighted by molar-refractivity contribution is 4.34. The molecule has 0 saturated heterocycles. The first-order chi connectivity index (χ1) is 3.68. The van der Waals surface area contributed by atoms with E-state index in [4.69, 9.17) is 10.2 Å². The van der Waals surface area contributed by atoms with Crippen molar-refractivity contribution in [1.29, 1.82) is 0 Å². The summed E-state index contributed by atoms with van der Waals surface area (Å²) in [7, 11) is 0. The molecule has 0 heterocycles. The minimum absolute atomic E-state index is 0. The molecule has 0 spiro atoms. The molecule has 4 N–H and O–H groups in total. The van der Waals surface area contributed by atoms with Gasteiger partial charge in [-0.1, -0.05) is 6.92 Å². The minimum atomic E-state index is -0.116. The van der Waals surface area contributed by atoms with Crippen LogP contribution in [-0.4, -0.2) is 28.4 Å². The summed E-state index contributed by atoms with van der Waals surface area (Å²) >= 11 is 0. The summed E-state index contributed by atoms with van der Waals surface area (Å²) in [4.78, 5) is 0. The van der Waals surface area contributed by atoms with Gasteiger partial charge in [0.1, 0.15) is 0 Å². The Labute approximate surface area is 56.6 Å². The zero-order chi connectivity index (χ0) is 6.99. The molecule has 0 aliphatic heterocycles. The summed E-state index contributed by atoms with van der Waals surface area (Å²) in [6.07, 6.45) is 0.745. The molecular formula is C6H18O3. The highest BCUT2D eigenvalue weighted by atomic mass is 16.3. The van der Waals surface area contributed by atoms with Crippen molar-refractivity contribution in [2.24, 2.45) is 0 Å². The van der Waals surface area contributed by atoms with Gasteiger partial charge in [-0.15, -0.1) is 0 Å². The maximum Gasteiger partial charge on any atom is 0.0509 e. The predicted molar refractivity (Wildman–Crippen MR) is 38.3 cm³/mol. The number of rotatable bonds is 1. The molecule has 0 aromatic heterocycles. The van der Waals surface area contributed by atoms with Crippen molar-refractivity contribution in [2.45, 2.75) is 33.3 Å². The van der Waals surface area contributed by atoms with Crippen LogP contribution in [0.1, 0.15) is 27.2 Å². The number of hydrogen-bond donors (Lipinski definition) is 2. The van der Waals surface area contributed by atoms with E-state index in [1.165, 1.54) is 0 Å². The van der Waals surface area contributed by atoms with Crippen LogP contribution in [0.5, 0.6) is 0 Å². The van der Waals surface area contributed by atoms with E-state index >= 15 is 0 Å². The molecule has 1 atom stereocenters. The van der Waals surface area contributed by atoms with Crippen LogP contribution in [0.2, 0.25) is 0 Å². The fourth-order valence-corrected chi connectivity index (χ4v) is 0. The molecule has 0 fully saturated rings. The maximum absolute atomic E-state index is 8.36. The van der Waals surface area contributed by atoms with E-state index in [1.54, 1.807) is 13.8 Å². The van der Waals surface area contributed by atoms with E-state index in [0.717, 1.165) is 6.42 Å². The zero-order valence-corrected chi connectivity index (χ0v) is 6.39. The molecule has 0 aromatic carbocycles. The van der Waals surface area contributed by atoms with Crippen molar-refractivity contribution in [1.82, 2.24) is 0 Å². The Bertz CT molecular complexity index is 29.5. The Balaban J connectivity index is -0.0000000800. The van der Waals surface area contributed by atoms with Crippen molar-refractivity contribution < 1.29 is 15.7 Å². The molecule has 0 bridgehead atoms. The molecule has 0 amide bonds. The van der Waals surface area contributed by atoms with Crippen molar-refractivity contribution in [3.05, 3.63) is 0 Å². The van der Waals surface area contributed by atoms with Gasteiger partial charge in [0.05, 0.1) is 6.10 Å². The highest BCUT2D eigenvalue weighted by Gasteiger charge is 1.81. The zero-order valence-electron chi connectivity index (χ0n) is 6.39. The van der Waals surface area contributed by atoms with Gasteiger partial charge in [0.15, 0.2) is 0 Å². The molecule has 0 aromatic rings. The van der Waals surface area contributed by atoms with Crippen molar-refractivity contribution in [3.63, 3.8) is 0 Å². The topological polar surface area (TPSA) is 72.0 Å². The van der Waals surface area contributed by atoms with Crippen molar-refractivity contribution in [2.75, 3.05) is 6.61 Å². The summed E-state index contributed by atoms with van der Waals surface area (Å²) in [6.45, 7) is 5.66. The predicted octanol–water partition coefficient (Wildman–Crippen LogP) is -0.0489. The van der Waals surface area contributed by atoms with E-state index in [1.807, 2.05) is 6.92 Å². The van der Waals surface area contributed by atoms with E-state index in [-0.39, 0.29) is 18.2 Å². The molecule has 0 aliphatic rings. The molecule has 0 saturated carbocycles. The fourth-order valence-electron chi connectivity index (χ4n) is 0. The molecular weight excluding hydrogens is 120 g/mol. The van der Waals surface area contributed by atoms with Crippen LogP contribution in [0.25, 0.3) is 0 Å². The Morgan fingerprint density at radius 2 is 1.44 bits per heavy atom. The van der Waals surface area contributed by atoms with Gasteiger partial charge in [0.2, 0.25) is 0 Å². The summed E-state index contributed by atoms with van der Waals surface area (Å²) < 4.78 is 0. The summed E-state index contributed by atoms with van der Waals surface area (Å²) in [5.74, 6) is 0. The Kier molecular flexibility index (Phi) is 27.8. The Morgan fingerprint density at radius 3 is 1.44 bits per heavy atom. The van der Waals surface area contributed by atoms with Gasteiger partial charge in [-0.3, -0.25) is 0 Å². The third-order valence-electron chi connectivity index (χ3n) is 0.591. The lowest BCUT2D eigenvalue weighted by molar-refractivity contribution is 0.191. The molecule has 3 heteroatoms. The molecule has 3 nitrogen and oxygen atoms in total. The van der Waals surface area contributed by atoms with Crippen LogP contribution in [0.4, 0.5) is 0 Å². The third kappa shape index (κ3) is 77.1. The summed E-state index contributed by atoms with van der Waals surface area (Å²) in [6, 6.07) is 0. The molecule has 1 unspecified atom stereocenters. The van der Waals surface area contributed by atoms with Gasteiger partial charge in [-0.05, 0) is 20.3 Å². The average molecular weight is 138 g/mol. The number of aliphatic hydroxyl groups is 2. The van der Waals surface area contributed by atoms with Crippen LogP contribution in [0.3, 0.4) is 0 Å². The molecule has 60 valence electrons. The van der Waals surface area contributed by atoms with E-state index < -0.39 is 0 Å². The van der Waals surface area contributed by atoms with Crippen LogP contribution in [-0.2, 0) is 0 Å². The molecule has 0 aliphatic carbocycles. The molecule has 0 rings (SSSR count). The normalized spacial score (nSPS) is 10.3. The van der Waals surface area contributed by atoms with Crippen molar-refractivity contribution >= 4 is 0 Å². The average Bonchev–Trinajstić information content (AvgIpc) is 1.69. The van der Waals surface area contributed by atoms with Crippen LogP contribution >= 0.6 is 0 Å². The first kappa shape index (κ1) is 15.9. The lowest BCUT2D eigenvalue weighted by Crippen LogP contribution is -1.93. The third-order valence-corrected chi connectivity index (χ3v) is 0.591. The highest BCUT2D eigenvalue weighted by Crippen LogP contribution is 1.81. The van der Waals surface area contributed by atoms with E-state index in [2.05, 4.69) is 0 Å². The second kappa shape index (κ2) is 15.7. The smallest absolute Gasteiger partial charge is 0.0509 e. The van der Waals surface area contributed by atoms with Crippen LogP contribution < -0.4 is 0 Å². The van der Waals surface area contributed by atoms with Gasteiger partial charge in [0, 0.05) is 6.61 Å². The van der Waals surface area contributed by atoms with Crippen LogP contribution in [0.15, 0.2) is 0 Å². The number of aliphatic hydroxyl groups excluding tert-OH is 2. The lowest BCUT2D eigenvalue weighted by atomic mass is 10.3.